The van der Waals surface area contributed by atoms with Gasteiger partial charge in [0, 0.05) is 12.6 Å². The quantitative estimate of drug-likeness (QED) is 0.733. The van der Waals surface area contributed by atoms with E-state index >= 15 is 0 Å². The van der Waals surface area contributed by atoms with Crippen molar-refractivity contribution in [2.24, 2.45) is 0 Å². The van der Waals surface area contributed by atoms with Crippen LogP contribution in [0.15, 0.2) is 30.3 Å². The molecule has 1 atom stereocenters. The summed E-state index contributed by atoms with van der Waals surface area (Å²) in [6.45, 7) is 3.55. The number of aliphatic carboxylic acids is 1. The van der Waals surface area contributed by atoms with Crippen molar-refractivity contribution in [3.05, 3.63) is 35.9 Å². The molecule has 2 rings (SSSR count). The van der Waals surface area contributed by atoms with Gasteiger partial charge in [-0.15, -0.1) is 0 Å². The summed E-state index contributed by atoms with van der Waals surface area (Å²) >= 11 is 0. The van der Waals surface area contributed by atoms with Gasteiger partial charge in [0.05, 0.1) is 0 Å². The van der Waals surface area contributed by atoms with Gasteiger partial charge in [0.15, 0.2) is 0 Å². The van der Waals surface area contributed by atoms with E-state index < -0.39 is 11.5 Å². The summed E-state index contributed by atoms with van der Waals surface area (Å²) < 4.78 is 0. The zero-order valence-electron chi connectivity index (χ0n) is 13.0. The van der Waals surface area contributed by atoms with Gasteiger partial charge in [0.2, 0.25) is 0 Å². The number of hydrogen-bond donors (Lipinski definition) is 2. The van der Waals surface area contributed by atoms with E-state index in [1.807, 2.05) is 30.3 Å². The van der Waals surface area contributed by atoms with Crippen LogP contribution >= 0.6 is 0 Å². The second-order valence-electron chi connectivity index (χ2n) is 5.97. The molecular formula is C17H26N2O2. The van der Waals surface area contributed by atoms with E-state index in [2.05, 4.69) is 24.2 Å². The van der Waals surface area contributed by atoms with Crippen molar-refractivity contribution >= 4 is 5.97 Å². The standard InChI is InChI=1S/C17H26N2O2/c1-3-12-18-17(16(20)21,14-7-5-4-6-8-14)11-13-19(2)15-9-10-15/h4-8,15,18H,3,9-13H2,1-2H3,(H,20,21). The maximum atomic E-state index is 12.0. The maximum absolute atomic E-state index is 12.0. The zero-order valence-corrected chi connectivity index (χ0v) is 13.0. The predicted molar refractivity (Wildman–Crippen MR) is 84.3 cm³/mol. The van der Waals surface area contributed by atoms with Gasteiger partial charge >= 0.3 is 5.97 Å². The first kappa shape index (κ1) is 16.0. The Labute approximate surface area is 127 Å². The molecule has 4 nitrogen and oxygen atoms in total. The van der Waals surface area contributed by atoms with Crippen LogP contribution in [0, 0.1) is 0 Å². The highest BCUT2D eigenvalue weighted by molar-refractivity contribution is 5.80. The van der Waals surface area contributed by atoms with Crippen molar-refractivity contribution in [3.63, 3.8) is 0 Å². The molecule has 1 aromatic carbocycles. The van der Waals surface area contributed by atoms with Gasteiger partial charge in [0.1, 0.15) is 5.54 Å². The van der Waals surface area contributed by atoms with E-state index in [-0.39, 0.29) is 0 Å². The van der Waals surface area contributed by atoms with Crippen molar-refractivity contribution < 1.29 is 9.90 Å². The lowest BCUT2D eigenvalue weighted by atomic mass is 9.86. The van der Waals surface area contributed by atoms with Crippen LogP contribution in [-0.2, 0) is 10.3 Å². The second-order valence-corrected chi connectivity index (χ2v) is 5.97. The highest BCUT2D eigenvalue weighted by Crippen LogP contribution is 2.30. The lowest BCUT2D eigenvalue weighted by molar-refractivity contribution is -0.146. The van der Waals surface area contributed by atoms with E-state index in [4.69, 9.17) is 0 Å². The molecule has 1 fully saturated rings. The minimum atomic E-state index is -0.986. The molecule has 2 N–H and O–H groups in total. The largest absolute Gasteiger partial charge is 0.480 e. The van der Waals surface area contributed by atoms with Gasteiger partial charge in [-0.05, 0) is 44.8 Å². The van der Waals surface area contributed by atoms with Crippen molar-refractivity contribution in [1.29, 1.82) is 0 Å². The van der Waals surface area contributed by atoms with Crippen molar-refractivity contribution in [2.45, 2.75) is 44.2 Å². The topological polar surface area (TPSA) is 52.6 Å². The molecule has 1 saturated carbocycles. The fourth-order valence-corrected chi connectivity index (χ4v) is 2.74. The number of nitrogens with one attached hydrogen (secondary N) is 1. The van der Waals surface area contributed by atoms with Crippen LogP contribution in [0.5, 0.6) is 0 Å². The number of benzene rings is 1. The van der Waals surface area contributed by atoms with E-state index in [1.54, 1.807) is 0 Å². The van der Waals surface area contributed by atoms with Crippen molar-refractivity contribution in [3.8, 4) is 0 Å². The first-order chi connectivity index (χ1) is 10.1. The Hall–Kier alpha value is -1.39. The third-order valence-corrected chi connectivity index (χ3v) is 4.32. The molecule has 0 saturated heterocycles. The summed E-state index contributed by atoms with van der Waals surface area (Å²) in [6, 6.07) is 10.2. The Morgan fingerprint density at radius 2 is 2.05 bits per heavy atom. The van der Waals surface area contributed by atoms with Gasteiger partial charge in [-0.2, -0.15) is 0 Å². The van der Waals surface area contributed by atoms with Crippen LogP contribution < -0.4 is 5.32 Å². The number of carboxylic acids is 1. The molecule has 1 aliphatic rings. The van der Waals surface area contributed by atoms with E-state index in [9.17, 15) is 9.90 Å². The number of carbonyl (C=O) groups is 1. The monoisotopic (exact) mass is 290 g/mol. The maximum Gasteiger partial charge on any atom is 0.328 e. The normalized spacial score (nSPS) is 17.7. The first-order valence-corrected chi connectivity index (χ1v) is 7.84. The highest BCUT2D eigenvalue weighted by Gasteiger charge is 2.40. The Kier molecular flexibility index (Phi) is 5.37. The summed E-state index contributed by atoms with van der Waals surface area (Å²) in [7, 11) is 2.09. The van der Waals surface area contributed by atoms with Crippen LogP contribution in [-0.4, -0.2) is 42.2 Å². The fraction of sp³-hybridized carbons (Fsp3) is 0.588. The third kappa shape index (κ3) is 3.83. The number of hydrogen-bond acceptors (Lipinski definition) is 3. The number of carboxylic acid groups (broad SMARTS) is 1. The molecule has 0 heterocycles. The van der Waals surface area contributed by atoms with Crippen molar-refractivity contribution in [1.82, 2.24) is 10.2 Å². The van der Waals surface area contributed by atoms with Crippen LogP contribution in [0.25, 0.3) is 0 Å². The van der Waals surface area contributed by atoms with Gasteiger partial charge in [-0.1, -0.05) is 37.3 Å². The fourth-order valence-electron chi connectivity index (χ4n) is 2.74. The SMILES string of the molecule is CCCNC(CCN(C)C1CC1)(C(=O)O)c1ccccc1. The van der Waals surface area contributed by atoms with E-state index in [0.717, 1.165) is 18.5 Å². The summed E-state index contributed by atoms with van der Waals surface area (Å²) in [6.07, 6.45) is 3.98. The molecule has 0 amide bonds. The van der Waals surface area contributed by atoms with Crippen LogP contribution in [0.4, 0.5) is 0 Å². The van der Waals surface area contributed by atoms with Gasteiger partial charge in [-0.3, -0.25) is 5.32 Å². The Bertz CT molecular complexity index is 459. The zero-order chi connectivity index (χ0) is 15.3. The van der Waals surface area contributed by atoms with Crippen LogP contribution in [0.1, 0.15) is 38.2 Å². The van der Waals surface area contributed by atoms with Crippen molar-refractivity contribution in [2.75, 3.05) is 20.1 Å². The molecule has 1 unspecified atom stereocenters. The van der Waals surface area contributed by atoms with Gasteiger partial charge in [-0.25, -0.2) is 4.79 Å². The van der Waals surface area contributed by atoms with Crippen LogP contribution in [0.3, 0.4) is 0 Å². The number of rotatable bonds is 9. The molecule has 116 valence electrons. The van der Waals surface area contributed by atoms with E-state index in [0.29, 0.717) is 19.0 Å². The molecule has 4 heteroatoms. The molecule has 1 aliphatic carbocycles. The highest BCUT2D eigenvalue weighted by atomic mass is 16.4. The smallest absolute Gasteiger partial charge is 0.328 e. The summed E-state index contributed by atoms with van der Waals surface area (Å²) in [4.78, 5) is 14.3. The summed E-state index contributed by atoms with van der Waals surface area (Å²) in [5, 5.41) is 13.2. The second kappa shape index (κ2) is 7.05. The number of nitrogens with zero attached hydrogens (tertiary/aromatic N) is 1. The molecular weight excluding hydrogens is 264 g/mol. The third-order valence-electron chi connectivity index (χ3n) is 4.32. The molecule has 0 radical (unpaired) electrons. The average molecular weight is 290 g/mol. The van der Waals surface area contributed by atoms with Gasteiger partial charge < -0.3 is 10.0 Å². The molecule has 0 aromatic heterocycles. The van der Waals surface area contributed by atoms with E-state index in [1.165, 1.54) is 12.8 Å². The molecule has 21 heavy (non-hydrogen) atoms. The molecule has 0 bridgehead atoms. The van der Waals surface area contributed by atoms with Crippen LogP contribution in [0.2, 0.25) is 0 Å². The molecule has 0 spiro atoms. The average Bonchev–Trinajstić information content (AvgIpc) is 3.33. The first-order valence-electron chi connectivity index (χ1n) is 7.84. The Morgan fingerprint density at radius 3 is 2.57 bits per heavy atom. The minimum absolute atomic E-state index is 0.583. The predicted octanol–water partition coefficient (Wildman–Crippen LogP) is 2.45. The molecule has 1 aromatic rings. The molecule has 0 aliphatic heterocycles. The Morgan fingerprint density at radius 1 is 1.38 bits per heavy atom. The van der Waals surface area contributed by atoms with Gasteiger partial charge in [0.25, 0.3) is 0 Å². The summed E-state index contributed by atoms with van der Waals surface area (Å²) in [5.41, 5.74) is -0.143. The minimum Gasteiger partial charge on any atom is -0.480 e. The lowest BCUT2D eigenvalue weighted by Gasteiger charge is -2.33. The lowest BCUT2D eigenvalue weighted by Crippen LogP contribution is -2.51. The summed E-state index contributed by atoms with van der Waals surface area (Å²) in [5.74, 6) is -0.786. The Balaban J connectivity index is 2.19.